The summed E-state index contributed by atoms with van der Waals surface area (Å²) in [6.45, 7) is 4.37. The van der Waals surface area contributed by atoms with E-state index in [-0.39, 0.29) is 38.1 Å². The molecule has 3 rings (SSSR count). The zero-order chi connectivity index (χ0) is 18.2. The molecule has 1 spiro atoms. The predicted molar refractivity (Wildman–Crippen MR) is 94.4 cm³/mol. The van der Waals surface area contributed by atoms with Crippen LogP contribution in [0.15, 0.2) is 30.3 Å². The molecule has 2 aliphatic heterocycles. The van der Waals surface area contributed by atoms with Crippen molar-refractivity contribution in [1.82, 2.24) is 14.5 Å². The Hall–Kier alpha value is -1.64. The predicted octanol–water partition coefficient (Wildman–Crippen LogP) is 0.755. The molecular weight excluding hydrogens is 342 g/mol. The van der Waals surface area contributed by atoms with Crippen LogP contribution in [0.1, 0.15) is 25.8 Å². The van der Waals surface area contributed by atoms with Gasteiger partial charge in [-0.1, -0.05) is 30.3 Å². The average Bonchev–Trinajstić information content (AvgIpc) is 3.07. The highest BCUT2D eigenvalue weighted by Crippen LogP contribution is 2.41. The number of carbonyl (C=O) groups is 1. The molecule has 2 fully saturated rings. The first-order chi connectivity index (χ1) is 11.8. The first-order valence-corrected chi connectivity index (χ1v) is 9.97. The van der Waals surface area contributed by atoms with Crippen LogP contribution in [-0.4, -0.2) is 65.3 Å². The molecule has 2 aliphatic rings. The Kier molecular flexibility index (Phi) is 4.78. The van der Waals surface area contributed by atoms with Crippen LogP contribution < -0.4 is 5.32 Å². The topological polar surface area (TPSA) is 90.0 Å². The van der Waals surface area contributed by atoms with Gasteiger partial charge < -0.3 is 15.3 Å². The van der Waals surface area contributed by atoms with Crippen LogP contribution in [0.25, 0.3) is 0 Å². The maximum absolute atomic E-state index is 13.1. The number of urea groups is 1. The van der Waals surface area contributed by atoms with E-state index in [0.29, 0.717) is 6.54 Å². The minimum Gasteiger partial charge on any atom is -0.390 e. The Morgan fingerprint density at radius 1 is 1.36 bits per heavy atom. The van der Waals surface area contributed by atoms with Crippen LogP contribution in [0.2, 0.25) is 0 Å². The fourth-order valence-corrected chi connectivity index (χ4v) is 5.88. The smallest absolute Gasteiger partial charge is 0.317 e. The minimum atomic E-state index is -3.71. The highest BCUT2D eigenvalue weighted by Gasteiger charge is 2.62. The molecule has 2 amide bonds. The molecule has 1 aromatic carbocycles. The van der Waals surface area contributed by atoms with Gasteiger partial charge in [0.1, 0.15) is 4.75 Å². The largest absolute Gasteiger partial charge is 0.390 e. The first-order valence-electron chi connectivity index (χ1n) is 8.53. The second-order valence-corrected chi connectivity index (χ2v) is 9.42. The van der Waals surface area contributed by atoms with Crippen LogP contribution >= 0.6 is 0 Å². The fourth-order valence-electron chi connectivity index (χ4n) is 3.62. The molecule has 0 aromatic heterocycles. The molecule has 0 aliphatic carbocycles. The number of nitrogens with zero attached hydrogens (tertiary/aromatic N) is 2. The summed E-state index contributed by atoms with van der Waals surface area (Å²) in [6, 6.07) is 9.02. The van der Waals surface area contributed by atoms with Gasteiger partial charge >= 0.3 is 6.03 Å². The lowest BCUT2D eigenvalue weighted by atomic mass is 10.0. The van der Waals surface area contributed by atoms with Crippen LogP contribution in [0.3, 0.4) is 0 Å². The van der Waals surface area contributed by atoms with E-state index < -0.39 is 20.9 Å². The number of rotatable bonds is 3. The Morgan fingerprint density at radius 2 is 2.04 bits per heavy atom. The van der Waals surface area contributed by atoms with Crippen LogP contribution in [0, 0.1) is 0 Å². The van der Waals surface area contributed by atoms with Crippen molar-refractivity contribution in [2.45, 2.75) is 43.7 Å². The minimum absolute atomic E-state index is 0.0243. The molecule has 2 saturated heterocycles. The van der Waals surface area contributed by atoms with E-state index in [1.165, 1.54) is 9.21 Å². The highest BCUT2D eigenvalue weighted by molar-refractivity contribution is 7.90. The molecule has 2 heterocycles. The number of β-amino-alcohol motifs (C(OH)–C–C–N with tert-alkyl or cyclic N) is 1. The zero-order valence-corrected chi connectivity index (χ0v) is 15.4. The average molecular weight is 367 g/mol. The van der Waals surface area contributed by atoms with Gasteiger partial charge in [0.15, 0.2) is 0 Å². The number of likely N-dealkylation sites (tertiary alicyclic amines) is 1. The van der Waals surface area contributed by atoms with E-state index >= 15 is 0 Å². The second kappa shape index (κ2) is 6.59. The van der Waals surface area contributed by atoms with Gasteiger partial charge in [-0.05, 0) is 25.8 Å². The lowest BCUT2D eigenvalue weighted by Gasteiger charge is -2.27. The molecule has 1 aromatic rings. The Morgan fingerprint density at radius 3 is 2.68 bits per heavy atom. The molecule has 8 heteroatoms. The van der Waals surface area contributed by atoms with Crippen molar-refractivity contribution in [3.8, 4) is 0 Å². The number of benzene rings is 1. The summed E-state index contributed by atoms with van der Waals surface area (Å²) >= 11 is 0. The summed E-state index contributed by atoms with van der Waals surface area (Å²) in [4.78, 5) is 13.7. The molecule has 138 valence electrons. The van der Waals surface area contributed by atoms with Crippen LogP contribution in [-0.2, 0) is 16.6 Å². The lowest BCUT2D eigenvalue weighted by Crippen LogP contribution is -2.50. The number of nitrogens with one attached hydrogen (secondary N) is 1. The SMILES string of the molecule is CC(C)NC(=O)N1CC[C@@]2(C1)[C@@H](O)CN(Cc1ccccc1)S2(=O)=O. The standard InChI is InChI=1S/C17H25N3O4S/c1-13(2)18-16(22)19-9-8-17(12-19)15(21)11-20(25(17,23)24)10-14-6-4-3-5-7-14/h3-7,13,15,21H,8-12H2,1-2H3,(H,18,22)/t15-,17+/m0/s1. The van der Waals surface area contributed by atoms with Gasteiger partial charge in [0.05, 0.1) is 6.10 Å². The van der Waals surface area contributed by atoms with Crippen molar-refractivity contribution < 1.29 is 18.3 Å². The summed E-state index contributed by atoms with van der Waals surface area (Å²) in [5.41, 5.74) is 0.878. The quantitative estimate of drug-likeness (QED) is 0.825. The molecule has 0 unspecified atom stereocenters. The molecule has 0 saturated carbocycles. The molecular formula is C17H25N3O4S. The van der Waals surface area contributed by atoms with E-state index in [9.17, 15) is 18.3 Å². The Labute approximate surface area is 148 Å². The van der Waals surface area contributed by atoms with Crippen molar-refractivity contribution in [2.24, 2.45) is 0 Å². The van der Waals surface area contributed by atoms with Gasteiger partial charge in [-0.15, -0.1) is 0 Å². The van der Waals surface area contributed by atoms with E-state index in [0.717, 1.165) is 5.56 Å². The maximum Gasteiger partial charge on any atom is 0.317 e. The van der Waals surface area contributed by atoms with Crippen molar-refractivity contribution in [3.63, 3.8) is 0 Å². The maximum atomic E-state index is 13.1. The molecule has 2 N–H and O–H groups in total. The first kappa shape index (κ1) is 18.2. The van der Waals surface area contributed by atoms with E-state index in [4.69, 9.17) is 0 Å². The van der Waals surface area contributed by atoms with Crippen molar-refractivity contribution >= 4 is 16.1 Å². The van der Waals surface area contributed by atoms with E-state index in [2.05, 4.69) is 5.32 Å². The molecule has 25 heavy (non-hydrogen) atoms. The number of sulfonamides is 1. The van der Waals surface area contributed by atoms with E-state index in [1.54, 1.807) is 0 Å². The number of hydrogen-bond donors (Lipinski definition) is 2. The normalized spacial score (nSPS) is 28.8. The van der Waals surface area contributed by atoms with Crippen LogP contribution in [0.4, 0.5) is 4.79 Å². The fraction of sp³-hybridized carbons (Fsp3) is 0.588. The number of aliphatic hydroxyl groups is 1. The van der Waals surface area contributed by atoms with Gasteiger partial charge in [-0.2, -0.15) is 4.31 Å². The van der Waals surface area contributed by atoms with Gasteiger partial charge in [-0.25, -0.2) is 13.2 Å². The monoisotopic (exact) mass is 367 g/mol. The number of aliphatic hydroxyl groups excluding tert-OH is 1. The van der Waals surface area contributed by atoms with Crippen molar-refractivity contribution in [3.05, 3.63) is 35.9 Å². The van der Waals surface area contributed by atoms with Gasteiger partial charge in [-0.3, -0.25) is 0 Å². The second-order valence-electron chi connectivity index (χ2n) is 7.14. The lowest BCUT2D eigenvalue weighted by molar-refractivity contribution is 0.128. The molecule has 0 radical (unpaired) electrons. The summed E-state index contributed by atoms with van der Waals surface area (Å²) in [6.07, 6.45) is -0.745. The molecule has 7 nitrogen and oxygen atoms in total. The molecule has 2 atom stereocenters. The molecule has 0 bridgehead atoms. The summed E-state index contributed by atoms with van der Waals surface area (Å²) in [7, 11) is -3.71. The summed E-state index contributed by atoms with van der Waals surface area (Å²) < 4.78 is 26.3. The third-order valence-corrected chi connectivity index (χ3v) is 7.59. The van der Waals surface area contributed by atoms with Gasteiger partial charge in [0, 0.05) is 32.2 Å². The Bertz CT molecular complexity index is 738. The number of amides is 2. The van der Waals surface area contributed by atoms with Crippen molar-refractivity contribution in [2.75, 3.05) is 19.6 Å². The number of hydrogen-bond acceptors (Lipinski definition) is 4. The third kappa shape index (κ3) is 3.14. The highest BCUT2D eigenvalue weighted by atomic mass is 32.2. The van der Waals surface area contributed by atoms with Gasteiger partial charge in [0.2, 0.25) is 10.0 Å². The van der Waals surface area contributed by atoms with Crippen LogP contribution in [0.5, 0.6) is 0 Å². The van der Waals surface area contributed by atoms with Gasteiger partial charge in [0.25, 0.3) is 0 Å². The van der Waals surface area contributed by atoms with E-state index in [1.807, 2.05) is 44.2 Å². The Balaban J connectivity index is 1.79. The number of carbonyl (C=O) groups excluding carboxylic acids is 1. The summed E-state index contributed by atoms with van der Waals surface area (Å²) in [5.74, 6) is 0. The zero-order valence-electron chi connectivity index (χ0n) is 14.6. The summed E-state index contributed by atoms with van der Waals surface area (Å²) in [5, 5.41) is 13.3. The van der Waals surface area contributed by atoms with Crippen molar-refractivity contribution in [1.29, 1.82) is 0 Å². The third-order valence-electron chi connectivity index (χ3n) is 5.00.